The summed E-state index contributed by atoms with van der Waals surface area (Å²) in [7, 11) is 0. The van der Waals surface area contributed by atoms with Gasteiger partial charge in [-0.1, -0.05) is 19.8 Å². The first-order valence-corrected chi connectivity index (χ1v) is 3.19. The van der Waals surface area contributed by atoms with Gasteiger partial charge >= 0.3 is 0 Å². The van der Waals surface area contributed by atoms with E-state index in [4.69, 9.17) is 0 Å². The third kappa shape index (κ3) is 8.00. The van der Waals surface area contributed by atoms with Crippen molar-refractivity contribution in [2.75, 3.05) is 0 Å². The summed E-state index contributed by atoms with van der Waals surface area (Å²) in [4.78, 5) is 0. The van der Waals surface area contributed by atoms with Crippen molar-refractivity contribution in [3.63, 3.8) is 0 Å². The maximum atomic E-state index is 3.26. The molecular formula is C8H13I2Ti-. The van der Waals surface area contributed by atoms with Crippen LogP contribution in [0.15, 0.2) is 17.7 Å². The van der Waals surface area contributed by atoms with Gasteiger partial charge in [0.05, 0.1) is 0 Å². The maximum Gasteiger partial charge on any atom is 0 e. The van der Waals surface area contributed by atoms with Crippen molar-refractivity contribution >= 4 is 48.0 Å². The molecule has 1 rings (SSSR count). The Kier molecular flexibility index (Phi) is 19.5. The van der Waals surface area contributed by atoms with Gasteiger partial charge in [0.25, 0.3) is 0 Å². The number of hydrogen-bond donors (Lipinski definition) is 0. The minimum atomic E-state index is 0. The molecule has 0 aromatic heterocycles. The van der Waals surface area contributed by atoms with E-state index in [0.29, 0.717) is 0 Å². The second-order valence-electron chi connectivity index (χ2n) is 2.06. The van der Waals surface area contributed by atoms with E-state index in [1.54, 1.807) is 0 Å². The van der Waals surface area contributed by atoms with Crippen LogP contribution in [0.3, 0.4) is 0 Å². The van der Waals surface area contributed by atoms with Crippen LogP contribution >= 0.6 is 48.0 Å². The van der Waals surface area contributed by atoms with Gasteiger partial charge in [0.15, 0.2) is 0 Å². The third-order valence-corrected chi connectivity index (χ3v) is 1.29. The molecule has 0 N–H and O–H groups in total. The Morgan fingerprint density at radius 1 is 1.45 bits per heavy atom. The summed E-state index contributed by atoms with van der Waals surface area (Å²) in [5.41, 5.74) is 1.40. The number of rotatable bonds is 2. The van der Waals surface area contributed by atoms with E-state index in [2.05, 4.69) is 25.2 Å². The van der Waals surface area contributed by atoms with E-state index in [1.165, 1.54) is 18.4 Å². The molecule has 1 aliphatic carbocycles. The van der Waals surface area contributed by atoms with E-state index >= 15 is 0 Å². The molecule has 0 amide bonds. The molecule has 11 heavy (non-hydrogen) atoms. The zero-order chi connectivity index (χ0) is 5.82. The quantitative estimate of drug-likeness (QED) is 0.370. The van der Waals surface area contributed by atoms with Crippen molar-refractivity contribution in [3.05, 3.63) is 23.8 Å². The number of hydrogen-bond acceptors (Lipinski definition) is 0. The van der Waals surface area contributed by atoms with Crippen LogP contribution in [-0.2, 0) is 21.7 Å². The van der Waals surface area contributed by atoms with Crippen molar-refractivity contribution in [2.45, 2.75) is 26.2 Å². The summed E-state index contributed by atoms with van der Waals surface area (Å²) < 4.78 is 0. The molecule has 0 unspecified atom stereocenters. The van der Waals surface area contributed by atoms with Crippen molar-refractivity contribution in [2.24, 2.45) is 0 Å². The third-order valence-electron chi connectivity index (χ3n) is 1.29. The molecule has 0 bridgehead atoms. The Morgan fingerprint density at radius 2 is 2.09 bits per heavy atom. The van der Waals surface area contributed by atoms with Gasteiger partial charge in [-0.3, -0.25) is 6.08 Å². The van der Waals surface area contributed by atoms with Crippen LogP contribution < -0.4 is 0 Å². The molecule has 0 nitrogen and oxygen atoms in total. The molecule has 64 valence electrons. The van der Waals surface area contributed by atoms with Crippen LogP contribution in [0.5, 0.6) is 0 Å². The van der Waals surface area contributed by atoms with E-state index in [0.717, 1.165) is 6.42 Å². The van der Waals surface area contributed by atoms with Crippen LogP contribution in [0.4, 0.5) is 0 Å². The molecule has 0 fully saturated rings. The largest absolute Gasteiger partial charge is 0.269 e. The molecule has 1 aliphatic rings. The molecule has 0 atom stereocenters. The minimum absolute atomic E-state index is 0. The molecule has 0 aromatic carbocycles. The summed E-state index contributed by atoms with van der Waals surface area (Å²) in [5.74, 6) is 0. The topological polar surface area (TPSA) is 0 Å². The van der Waals surface area contributed by atoms with Gasteiger partial charge in [-0.15, -0.1) is 54.4 Å². The maximum absolute atomic E-state index is 3.26. The smallest absolute Gasteiger partial charge is 0 e. The molecule has 0 spiro atoms. The Labute approximate surface area is 118 Å². The van der Waals surface area contributed by atoms with Crippen LogP contribution in [-0.4, -0.2) is 0 Å². The first kappa shape index (κ1) is 18.4. The van der Waals surface area contributed by atoms with E-state index in [-0.39, 0.29) is 69.7 Å². The predicted octanol–water partition coefficient (Wildman–Crippen LogP) is 3.71. The molecule has 3 heteroatoms. The van der Waals surface area contributed by atoms with Crippen molar-refractivity contribution < 1.29 is 21.7 Å². The fourth-order valence-electron chi connectivity index (χ4n) is 0.891. The van der Waals surface area contributed by atoms with Gasteiger partial charge < -0.3 is 0 Å². The summed E-state index contributed by atoms with van der Waals surface area (Å²) in [6.07, 6.45) is 11.1. The summed E-state index contributed by atoms with van der Waals surface area (Å²) >= 11 is 0. The molecule has 0 saturated carbocycles. The molecule has 0 aliphatic heterocycles. The number of allylic oxidation sites excluding steroid dienone is 4. The van der Waals surface area contributed by atoms with Gasteiger partial charge in [-0.2, -0.15) is 6.08 Å². The first-order chi connectivity index (χ1) is 3.93. The van der Waals surface area contributed by atoms with Crippen LogP contribution in [0.1, 0.15) is 26.2 Å². The van der Waals surface area contributed by atoms with E-state index < -0.39 is 0 Å². The summed E-state index contributed by atoms with van der Waals surface area (Å²) in [6.45, 7) is 2.20. The normalized spacial score (nSPS) is 12.3. The Morgan fingerprint density at radius 3 is 2.45 bits per heavy atom. The zero-order valence-corrected chi connectivity index (χ0v) is 12.8. The zero-order valence-electron chi connectivity index (χ0n) is 6.59. The SMILES string of the molecule is CCCC1=[C-]CC=C1.I.I.[Ti]. The molecule has 0 saturated heterocycles. The van der Waals surface area contributed by atoms with Gasteiger partial charge in [0, 0.05) is 21.7 Å². The fraction of sp³-hybridized carbons (Fsp3) is 0.500. The monoisotopic (exact) mass is 411 g/mol. The first-order valence-electron chi connectivity index (χ1n) is 3.19. The van der Waals surface area contributed by atoms with Crippen molar-refractivity contribution in [1.82, 2.24) is 0 Å². The van der Waals surface area contributed by atoms with Crippen LogP contribution in [0.25, 0.3) is 0 Å². The van der Waals surface area contributed by atoms with Gasteiger partial charge in [-0.05, 0) is 0 Å². The van der Waals surface area contributed by atoms with Crippen molar-refractivity contribution in [1.29, 1.82) is 0 Å². The van der Waals surface area contributed by atoms with Crippen LogP contribution in [0.2, 0.25) is 0 Å². The van der Waals surface area contributed by atoms with Crippen LogP contribution in [0, 0.1) is 6.08 Å². The summed E-state index contributed by atoms with van der Waals surface area (Å²) in [6, 6.07) is 0. The van der Waals surface area contributed by atoms with E-state index in [1.807, 2.05) is 0 Å². The molecular weight excluding hydrogens is 398 g/mol. The molecule has 0 radical (unpaired) electrons. The molecule has 0 heterocycles. The Hall–Kier alpha value is 1.65. The average molecular weight is 411 g/mol. The second kappa shape index (κ2) is 11.7. The standard InChI is InChI=1S/C8H11.2HI.Ti/c1-2-5-8-6-3-4-7-8;;;/h3,6H,2,4-5H2,1H3;2*1H;/q-1;;;. The van der Waals surface area contributed by atoms with Crippen molar-refractivity contribution in [3.8, 4) is 0 Å². The van der Waals surface area contributed by atoms with Gasteiger partial charge in [-0.25, -0.2) is 11.6 Å². The molecule has 0 aromatic rings. The second-order valence-corrected chi connectivity index (χ2v) is 2.06. The minimum Gasteiger partial charge on any atom is -0.269 e. The Balaban J connectivity index is -0.000000213. The number of halogens is 2. The van der Waals surface area contributed by atoms with Gasteiger partial charge in [0.2, 0.25) is 0 Å². The fourth-order valence-corrected chi connectivity index (χ4v) is 0.891. The average Bonchev–Trinajstić information content (AvgIpc) is 2.19. The van der Waals surface area contributed by atoms with Gasteiger partial charge in [0.1, 0.15) is 0 Å². The summed E-state index contributed by atoms with van der Waals surface area (Å²) in [5, 5.41) is 0. The predicted molar refractivity (Wildman–Crippen MR) is 66.3 cm³/mol. The van der Waals surface area contributed by atoms with E-state index in [9.17, 15) is 0 Å². The Bertz CT molecular complexity index is 130.